The van der Waals surface area contributed by atoms with Crippen LogP contribution in [0.2, 0.25) is 0 Å². The maximum absolute atomic E-state index is 5.78. The Morgan fingerprint density at radius 3 is 2.89 bits per heavy atom. The van der Waals surface area contributed by atoms with E-state index in [1.54, 1.807) is 0 Å². The third-order valence-corrected chi connectivity index (χ3v) is 3.49. The molecule has 1 aliphatic carbocycles. The first-order valence-electron chi connectivity index (χ1n) is 6.52. The van der Waals surface area contributed by atoms with E-state index in [1.807, 2.05) is 6.07 Å². The van der Waals surface area contributed by atoms with Gasteiger partial charge >= 0.3 is 0 Å². The van der Waals surface area contributed by atoms with Gasteiger partial charge in [0.15, 0.2) is 0 Å². The van der Waals surface area contributed by atoms with Crippen molar-refractivity contribution in [3.8, 4) is 0 Å². The Morgan fingerprint density at radius 1 is 1.39 bits per heavy atom. The molecule has 18 heavy (non-hydrogen) atoms. The second kappa shape index (κ2) is 4.61. The Morgan fingerprint density at radius 2 is 2.22 bits per heavy atom. The van der Waals surface area contributed by atoms with E-state index in [-0.39, 0.29) is 0 Å². The molecule has 6 heteroatoms. The molecule has 1 aromatic rings. The molecule has 0 aromatic carbocycles. The summed E-state index contributed by atoms with van der Waals surface area (Å²) < 4.78 is 0. The van der Waals surface area contributed by atoms with Gasteiger partial charge in [-0.3, -0.25) is 4.90 Å². The molecule has 0 bridgehead atoms. The lowest BCUT2D eigenvalue weighted by Gasteiger charge is -2.18. The number of anilines is 3. The molecule has 98 valence electrons. The Hall–Kier alpha value is -1.56. The van der Waals surface area contributed by atoms with Crippen molar-refractivity contribution in [2.24, 2.45) is 5.92 Å². The fourth-order valence-electron chi connectivity index (χ4n) is 2.19. The SMILES string of the molecule is CN1CCN(c2cc(NCC3CC3)nc(N)n2)C1. The molecule has 2 aliphatic rings. The predicted octanol–water partition coefficient (Wildman–Crippen LogP) is 0.590. The number of nitrogen functional groups attached to an aromatic ring is 1. The highest BCUT2D eigenvalue weighted by molar-refractivity contribution is 5.53. The van der Waals surface area contributed by atoms with E-state index < -0.39 is 0 Å². The molecule has 0 unspecified atom stereocenters. The van der Waals surface area contributed by atoms with Crippen molar-refractivity contribution in [3.63, 3.8) is 0 Å². The van der Waals surface area contributed by atoms with Crippen molar-refractivity contribution >= 4 is 17.6 Å². The molecule has 2 heterocycles. The molecule has 0 amide bonds. The van der Waals surface area contributed by atoms with Crippen molar-refractivity contribution in [2.45, 2.75) is 12.8 Å². The first-order chi connectivity index (χ1) is 8.70. The highest BCUT2D eigenvalue weighted by Gasteiger charge is 2.22. The van der Waals surface area contributed by atoms with E-state index in [0.717, 1.165) is 43.9 Å². The lowest BCUT2D eigenvalue weighted by molar-refractivity contribution is 0.420. The van der Waals surface area contributed by atoms with E-state index >= 15 is 0 Å². The Kier molecular flexibility index (Phi) is 2.95. The molecule has 2 fully saturated rings. The normalized spacial score (nSPS) is 20.4. The number of likely N-dealkylation sites (N-methyl/N-ethyl adjacent to an activating group) is 1. The van der Waals surface area contributed by atoms with Crippen LogP contribution >= 0.6 is 0 Å². The Labute approximate surface area is 107 Å². The van der Waals surface area contributed by atoms with Crippen molar-refractivity contribution < 1.29 is 0 Å². The van der Waals surface area contributed by atoms with Gasteiger partial charge in [-0.05, 0) is 25.8 Å². The fourth-order valence-corrected chi connectivity index (χ4v) is 2.19. The van der Waals surface area contributed by atoms with Crippen molar-refractivity contribution in [3.05, 3.63) is 6.07 Å². The predicted molar refractivity (Wildman–Crippen MR) is 72.5 cm³/mol. The van der Waals surface area contributed by atoms with Gasteiger partial charge in [-0.2, -0.15) is 9.97 Å². The van der Waals surface area contributed by atoms with Gasteiger partial charge in [-0.15, -0.1) is 0 Å². The molecular formula is C12H20N6. The average Bonchev–Trinajstić information content (AvgIpc) is 3.07. The smallest absolute Gasteiger partial charge is 0.223 e. The molecule has 3 N–H and O–H groups in total. The van der Waals surface area contributed by atoms with Crippen LogP contribution in [0.4, 0.5) is 17.6 Å². The molecular weight excluding hydrogens is 228 g/mol. The van der Waals surface area contributed by atoms with Gasteiger partial charge in [-0.25, -0.2) is 0 Å². The van der Waals surface area contributed by atoms with Gasteiger partial charge in [0.05, 0.1) is 6.67 Å². The number of nitrogens with zero attached hydrogens (tertiary/aromatic N) is 4. The zero-order chi connectivity index (χ0) is 12.5. The van der Waals surface area contributed by atoms with Gasteiger partial charge in [0.1, 0.15) is 11.6 Å². The third kappa shape index (κ3) is 2.64. The van der Waals surface area contributed by atoms with Crippen molar-refractivity contribution in [1.82, 2.24) is 14.9 Å². The molecule has 1 saturated carbocycles. The first kappa shape index (κ1) is 11.5. The average molecular weight is 248 g/mol. The minimum Gasteiger partial charge on any atom is -0.370 e. The summed E-state index contributed by atoms with van der Waals surface area (Å²) >= 11 is 0. The van der Waals surface area contributed by atoms with Crippen LogP contribution < -0.4 is 16.0 Å². The molecule has 0 atom stereocenters. The summed E-state index contributed by atoms with van der Waals surface area (Å²) in [5.41, 5.74) is 5.78. The quantitative estimate of drug-likeness (QED) is 0.812. The zero-order valence-corrected chi connectivity index (χ0v) is 10.8. The maximum Gasteiger partial charge on any atom is 0.223 e. The molecule has 1 saturated heterocycles. The van der Waals surface area contributed by atoms with Gasteiger partial charge in [-0.1, -0.05) is 0 Å². The number of nitrogens with one attached hydrogen (secondary N) is 1. The van der Waals surface area contributed by atoms with E-state index in [4.69, 9.17) is 5.73 Å². The van der Waals surface area contributed by atoms with Crippen molar-refractivity contribution in [2.75, 3.05) is 49.3 Å². The van der Waals surface area contributed by atoms with Crippen LogP contribution in [0.1, 0.15) is 12.8 Å². The van der Waals surface area contributed by atoms with Gasteiger partial charge in [0.2, 0.25) is 5.95 Å². The molecule has 3 rings (SSSR count). The molecule has 6 nitrogen and oxygen atoms in total. The largest absolute Gasteiger partial charge is 0.370 e. The topological polar surface area (TPSA) is 70.3 Å². The summed E-state index contributed by atoms with van der Waals surface area (Å²) in [6.45, 7) is 3.96. The van der Waals surface area contributed by atoms with Crippen LogP contribution in [0, 0.1) is 5.92 Å². The Balaban J connectivity index is 1.72. The fraction of sp³-hybridized carbons (Fsp3) is 0.667. The van der Waals surface area contributed by atoms with Crippen LogP contribution in [0.25, 0.3) is 0 Å². The number of hydrogen-bond donors (Lipinski definition) is 2. The molecule has 0 spiro atoms. The summed E-state index contributed by atoms with van der Waals surface area (Å²) in [5.74, 6) is 2.94. The maximum atomic E-state index is 5.78. The van der Waals surface area contributed by atoms with Gasteiger partial charge in [0, 0.05) is 25.7 Å². The standard InChI is InChI=1S/C12H20N6/c1-17-4-5-18(8-17)11-6-10(15-12(13)16-11)14-7-9-2-3-9/h6,9H,2-5,7-8H2,1H3,(H3,13,14,15,16). The van der Waals surface area contributed by atoms with E-state index in [9.17, 15) is 0 Å². The van der Waals surface area contributed by atoms with E-state index in [2.05, 4.69) is 32.1 Å². The van der Waals surface area contributed by atoms with Gasteiger partial charge < -0.3 is 16.0 Å². The monoisotopic (exact) mass is 248 g/mol. The van der Waals surface area contributed by atoms with Crippen LogP contribution in [0.5, 0.6) is 0 Å². The van der Waals surface area contributed by atoms with E-state index in [0.29, 0.717) is 5.95 Å². The Bertz CT molecular complexity index is 431. The summed E-state index contributed by atoms with van der Waals surface area (Å²) in [5, 5.41) is 3.35. The number of rotatable bonds is 4. The van der Waals surface area contributed by atoms with Gasteiger partial charge in [0.25, 0.3) is 0 Å². The summed E-state index contributed by atoms with van der Waals surface area (Å²) in [7, 11) is 2.11. The number of nitrogens with two attached hydrogens (primary N) is 1. The van der Waals surface area contributed by atoms with Crippen LogP contribution in [-0.2, 0) is 0 Å². The van der Waals surface area contributed by atoms with Crippen LogP contribution in [0.3, 0.4) is 0 Å². The summed E-state index contributed by atoms with van der Waals surface area (Å²) in [6, 6.07) is 2.00. The number of hydrogen-bond acceptors (Lipinski definition) is 6. The minimum atomic E-state index is 0.348. The van der Waals surface area contributed by atoms with Crippen LogP contribution in [-0.4, -0.2) is 48.2 Å². The lowest BCUT2D eigenvalue weighted by Crippen LogP contribution is -2.24. The number of aromatic nitrogens is 2. The van der Waals surface area contributed by atoms with Crippen LogP contribution in [0.15, 0.2) is 6.07 Å². The lowest BCUT2D eigenvalue weighted by atomic mass is 10.4. The molecule has 1 aliphatic heterocycles. The highest BCUT2D eigenvalue weighted by Crippen LogP contribution is 2.29. The minimum absolute atomic E-state index is 0.348. The molecule has 0 radical (unpaired) electrons. The van der Waals surface area contributed by atoms with Crippen molar-refractivity contribution in [1.29, 1.82) is 0 Å². The molecule has 1 aromatic heterocycles. The summed E-state index contributed by atoms with van der Waals surface area (Å²) in [4.78, 5) is 13.0. The second-order valence-electron chi connectivity index (χ2n) is 5.28. The second-order valence-corrected chi connectivity index (χ2v) is 5.28. The van der Waals surface area contributed by atoms with E-state index in [1.165, 1.54) is 12.8 Å². The summed E-state index contributed by atoms with van der Waals surface area (Å²) in [6.07, 6.45) is 2.66. The highest BCUT2D eigenvalue weighted by atomic mass is 15.4. The third-order valence-electron chi connectivity index (χ3n) is 3.49. The first-order valence-corrected chi connectivity index (χ1v) is 6.52. The zero-order valence-electron chi connectivity index (χ0n) is 10.8.